The van der Waals surface area contributed by atoms with E-state index in [1.54, 1.807) is 0 Å². The van der Waals surface area contributed by atoms with E-state index in [-0.39, 0.29) is 0 Å². The van der Waals surface area contributed by atoms with Gasteiger partial charge in [0.2, 0.25) is 5.95 Å². The standard InChI is InChI=1S/C12H16ClN3S/c1-8(5-6-17-2)16-11-4-3-9(13)7-10(11)15-12(16)14/h3-4,7-8H,5-6H2,1-2H3,(H2,14,15). The smallest absolute Gasteiger partial charge is 0.201 e. The first-order valence-electron chi connectivity index (χ1n) is 5.55. The van der Waals surface area contributed by atoms with Gasteiger partial charge in [0, 0.05) is 11.1 Å². The Morgan fingerprint density at radius 3 is 3.00 bits per heavy atom. The quantitative estimate of drug-likeness (QED) is 0.923. The molecule has 0 aliphatic rings. The van der Waals surface area contributed by atoms with Crippen molar-refractivity contribution in [1.29, 1.82) is 0 Å². The van der Waals surface area contributed by atoms with Gasteiger partial charge in [-0.3, -0.25) is 0 Å². The maximum atomic E-state index is 5.98. The Bertz CT molecular complexity index is 524. The van der Waals surface area contributed by atoms with Crippen LogP contribution in [-0.4, -0.2) is 21.6 Å². The molecule has 92 valence electrons. The minimum Gasteiger partial charge on any atom is -0.369 e. The number of hydrogen-bond donors (Lipinski definition) is 1. The number of halogens is 1. The number of rotatable bonds is 4. The molecule has 0 aliphatic heterocycles. The van der Waals surface area contributed by atoms with Crippen LogP contribution in [0.3, 0.4) is 0 Å². The molecule has 2 N–H and O–H groups in total. The summed E-state index contributed by atoms with van der Waals surface area (Å²) >= 11 is 7.80. The van der Waals surface area contributed by atoms with Gasteiger partial charge in [0.15, 0.2) is 0 Å². The van der Waals surface area contributed by atoms with Crippen molar-refractivity contribution < 1.29 is 0 Å². The number of nitrogens with zero attached hydrogens (tertiary/aromatic N) is 2. The molecule has 2 rings (SSSR count). The monoisotopic (exact) mass is 269 g/mol. The molecule has 1 aromatic heterocycles. The maximum Gasteiger partial charge on any atom is 0.201 e. The van der Waals surface area contributed by atoms with Crippen molar-refractivity contribution in [3.63, 3.8) is 0 Å². The summed E-state index contributed by atoms with van der Waals surface area (Å²) < 4.78 is 2.09. The molecule has 17 heavy (non-hydrogen) atoms. The summed E-state index contributed by atoms with van der Waals surface area (Å²) in [6.07, 6.45) is 3.20. The third-order valence-electron chi connectivity index (χ3n) is 2.86. The van der Waals surface area contributed by atoms with E-state index in [1.165, 1.54) is 0 Å². The Hall–Kier alpha value is -0.870. The van der Waals surface area contributed by atoms with E-state index >= 15 is 0 Å². The lowest BCUT2D eigenvalue weighted by Gasteiger charge is -2.15. The van der Waals surface area contributed by atoms with Crippen LogP contribution >= 0.6 is 23.4 Å². The Morgan fingerprint density at radius 1 is 1.53 bits per heavy atom. The second kappa shape index (κ2) is 5.19. The van der Waals surface area contributed by atoms with Crippen molar-refractivity contribution in [3.8, 4) is 0 Å². The zero-order chi connectivity index (χ0) is 12.4. The molecule has 0 bridgehead atoms. The normalized spacial score (nSPS) is 13.1. The molecule has 0 saturated heterocycles. The number of benzene rings is 1. The minimum atomic E-state index is 0.355. The molecule has 1 atom stereocenters. The van der Waals surface area contributed by atoms with Crippen molar-refractivity contribution in [3.05, 3.63) is 23.2 Å². The van der Waals surface area contributed by atoms with E-state index in [0.717, 1.165) is 23.2 Å². The van der Waals surface area contributed by atoms with Gasteiger partial charge in [-0.15, -0.1) is 0 Å². The highest BCUT2D eigenvalue weighted by Gasteiger charge is 2.13. The third kappa shape index (κ3) is 2.53. The summed E-state index contributed by atoms with van der Waals surface area (Å²) in [7, 11) is 0. The number of hydrogen-bond acceptors (Lipinski definition) is 3. The average molecular weight is 270 g/mol. The zero-order valence-electron chi connectivity index (χ0n) is 9.98. The first kappa shape index (κ1) is 12.6. The lowest BCUT2D eigenvalue weighted by molar-refractivity contribution is 0.556. The second-order valence-electron chi connectivity index (χ2n) is 4.10. The highest BCUT2D eigenvalue weighted by Crippen LogP contribution is 2.27. The first-order valence-corrected chi connectivity index (χ1v) is 7.32. The van der Waals surface area contributed by atoms with E-state index < -0.39 is 0 Å². The van der Waals surface area contributed by atoms with E-state index in [1.807, 2.05) is 30.0 Å². The molecular weight excluding hydrogens is 254 g/mol. The molecule has 0 amide bonds. The van der Waals surface area contributed by atoms with E-state index in [9.17, 15) is 0 Å². The lowest BCUT2D eigenvalue weighted by atomic mass is 10.2. The van der Waals surface area contributed by atoms with E-state index in [2.05, 4.69) is 22.7 Å². The fraction of sp³-hybridized carbons (Fsp3) is 0.417. The molecule has 0 saturated carbocycles. The number of fused-ring (bicyclic) bond motifs is 1. The van der Waals surface area contributed by atoms with Crippen LogP contribution in [0.15, 0.2) is 18.2 Å². The zero-order valence-corrected chi connectivity index (χ0v) is 11.6. The summed E-state index contributed by atoms with van der Waals surface area (Å²) in [6.45, 7) is 2.17. The molecule has 1 heterocycles. The van der Waals surface area contributed by atoms with Gasteiger partial charge in [-0.1, -0.05) is 11.6 Å². The number of thioether (sulfide) groups is 1. The molecule has 0 spiro atoms. The number of nitrogen functional groups attached to an aromatic ring is 1. The van der Waals surface area contributed by atoms with Crippen LogP contribution in [0.25, 0.3) is 11.0 Å². The Balaban J connectivity index is 2.42. The largest absolute Gasteiger partial charge is 0.369 e. The second-order valence-corrected chi connectivity index (χ2v) is 5.53. The van der Waals surface area contributed by atoms with Gasteiger partial charge < -0.3 is 10.3 Å². The molecule has 0 fully saturated rings. The van der Waals surface area contributed by atoms with Crippen molar-refractivity contribution >= 4 is 40.3 Å². The van der Waals surface area contributed by atoms with Crippen LogP contribution in [-0.2, 0) is 0 Å². The third-order valence-corrected chi connectivity index (χ3v) is 3.74. The summed E-state index contributed by atoms with van der Waals surface area (Å²) in [5.74, 6) is 1.68. The van der Waals surface area contributed by atoms with Crippen LogP contribution in [0.2, 0.25) is 5.02 Å². The highest BCUT2D eigenvalue weighted by atomic mass is 35.5. The van der Waals surface area contributed by atoms with E-state index in [0.29, 0.717) is 17.0 Å². The summed E-state index contributed by atoms with van der Waals surface area (Å²) in [4.78, 5) is 4.35. The maximum absolute atomic E-state index is 5.98. The van der Waals surface area contributed by atoms with Crippen LogP contribution in [0.1, 0.15) is 19.4 Å². The van der Waals surface area contributed by atoms with Gasteiger partial charge in [0.25, 0.3) is 0 Å². The van der Waals surface area contributed by atoms with Crippen LogP contribution in [0, 0.1) is 0 Å². The van der Waals surface area contributed by atoms with Crippen molar-refractivity contribution in [2.45, 2.75) is 19.4 Å². The van der Waals surface area contributed by atoms with Crippen LogP contribution in [0.4, 0.5) is 5.95 Å². The SMILES string of the molecule is CSCCC(C)n1c(N)nc2cc(Cl)ccc21. The molecule has 5 heteroatoms. The van der Waals surface area contributed by atoms with Gasteiger partial charge in [-0.05, 0) is 43.6 Å². The minimum absolute atomic E-state index is 0.355. The predicted molar refractivity (Wildman–Crippen MR) is 76.9 cm³/mol. The van der Waals surface area contributed by atoms with Gasteiger partial charge in [0.1, 0.15) is 0 Å². The summed E-state index contributed by atoms with van der Waals surface area (Å²) in [5.41, 5.74) is 7.90. The van der Waals surface area contributed by atoms with Crippen LogP contribution in [0.5, 0.6) is 0 Å². The molecule has 0 aliphatic carbocycles. The number of imidazole rings is 1. The average Bonchev–Trinajstić information content (AvgIpc) is 2.61. The van der Waals surface area contributed by atoms with E-state index in [4.69, 9.17) is 17.3 Å². The molecular formula is C12H16ClN3S. The summed E-state index contributed by atoms with van der Waals surface area (Å²) in [5, 5.41) is 0.693. The van der Waals surface area contributed by atoms with Crippen molar-refractivity contribution in [1.82, 2.24) is 9.55 Å². The summed E-state index contributed by atoms with van der Waals surface area (Å²) in [6, 6.07) is 6.07. The van der Waals surface area contributed by atoms with Gasteiger partial charge in [-0.25, -0.2) is 4.98 Å². The first-order chi connectivity index (χ1) is 8.13. The topological polar surface area (TPSA) is 43.8 Å². The fourth-order valence-corrected chi connectivity index (χ4v) is 2.71. The van der Waals surface area contributed by atoms with Crippen LogP contribution < -0.4 is 5.73 Å². The molecule has 1 aromatic carbocycles. The van der Waals surface area contributed by atoms with Gasteiger partial charge >= 0.3 is 0 Å². The Kier molecular flexibility index (Phi) is 3.84. The lowest BCUT2D eigenvalue weighted by Crippen LogP contribution is -2.09. The van der Waals surface area contributed by atoms with Gasteiger partial charge in [-0.2, -0.15) is 11.8 Å². The Morgan fingerprint density at radius 2 is 2.29 bits per heavy atom. The number of anilines is 1. The molecule has 0 radical (unpaired) electrons. The number of nitrogens with two attached hydrogens (primary N) is 1. The predicted octanol–water partition coefficient (Wildman–Crippen LogP) is 3.59. The van der Waals surface area contributed by atoms with Crippen molar-refractivity contribution in [2.75, 3.05) is 17.7 Å². The molecule has 3 nitrogen and oxygen atoms in total. The Labute approximate surface area is 110 Å². The molecule has 2 aromatic rings. The number of aromatic nitrogens is 2. The molecule has 1 unspecified atom stereocenters. The van der Waals surface area contributed by atoms with Crippen molar-refractivity contribution in [2.24, 2.45) is 0 Å². The fourth-order valence-electron chi connectivity index (χ4n) is 1.97. The van der Waals surface area contributed by atoms with Gasteiger partial charge in [0.05, 0.1) is 11.0 Å². The highest BCUT2D eigenvalue weighted by molar-refractivity contribution is 7.98.